The Balaban J connectivity index is 1.91. The van der Waals surface area contributed by atoms with Gasteiger partial charge in [0.2, 0.25) is 0 Å². The first kappa shape index (κ1) is 15.2. The van der Waals surface area contributed by atoms with Crippen molar-refractivity contribution in [2.45, 2.75) is 51.6 Å². The lowest BCUT2D eigenvalue weighted by Crippen LogP contribution is -2.19. The van der Waals surface area contributed by atoms with Crippen molar-refractivity contribution in [3.05, 3.63) is 39.3 Å². The van der Waals surface area contributed by atoms with Crippen LogP contribution >= 0.6 is 27.3 Å². The summed E-state index contributed by atoms with van der Waals surface area (Å²) >= 11 is 5.32. The molecule has 1 heterocycles. The predicted octanol–water partition coefficient (Wildman–Crippen LogP) is 5.12. The highest BCUT2D eigenvalue weighted by Gasteiger charge is 2.26. The Bertz CT molecular complexity index is 621. The Hall–Kier alpha value is -0.710. The molecule has 4 heteroatoms. The van der Waals surface area contributed by atoms with Crippen molar-refractivity contribution in [2.75, 3.05) is 0 Å². The van der Waals surface area contributed by atoms with E-state index in [1.165, 1.54) is 29.0 Å². The van der Waals surface area contributed by atoms with Crippen LogP contribution in [0.25, 0.3) is 10.6 Å². The lowest BCUT2D eigenvalue weighted by atomic mass is 9.91. The maximum Gasteiger partial charge on any atom is 0.123 e. The summed E-state index contributed by atoms with van der Waals surface area (Å²) in [6.07, 6.45) is 2.65. The minimum Gasteiger partial charge on any atom is -0.309 e. The molecular weight excluding hydrogens is 344 g/mol. The average Bonchev–Trinajstić information content (AvgIpc) is 3.14. The Morgan fingerprint density at radius 3 is 2.48 bits per heavy atom. The van der Waals surface area contributed by atoms with Crippen LogP contribution in [0.2, 0.25) is 0 Å². The van der Waals surface area contributed by atoms with Gasteiger partial charge in [-0.2, -0.15) is 0 Å². The molecule has 1 aromatic carbocycles. The average molecular weight is 365 g/mol. The predicted molar refractivity (Wildman–Crippen MR) is 93.8 cm³/mol. The number of hydrogen-bond acceptors (Lipinski definition) is 3. The van der Waals surface area contributed by atoms with E-state index in [9.17, 15) is 0 Å². The molecule has 1 aromatic heterocycles. The molecule has 0 unspecified atom stereocenters. The fraction of sp³-hybridized carbons (Fsp3) is 0.471. The van der Waals surface area contributed by atoms with Crippen LogP contribution in [0.3, 0.4) is 0 Å². The van der Waals surface area contributed by atoms with Crippen molar-refractivity contribution in [3.8, 4) is 10.6 Å². The number of halogens is 1. The van der Waals surface area contributed by atoms with E-state index in [1.807, 2.05) is 11.3 Å². The topological polar surface area (TPSA) is 24.9 Å². The van der Waals surface area contributed by atoms with E-state index in [1.54, 1.807) is 0 Å². The number of thiazole rings is 1. The summed E-state index contributed by atoms with van der Waals surface area (Å²) in [4.78, 5) is 6.32. The fourth-order valence-electron chi connectivity index (χ4n) is 2.30. The van der Waals surface area contributed by atoms with Gasteiger partial charge in [0, 0.05) is 32.9 Å². The lowest BCUT2D eigenvalue weighted by Gasteiger charge is -2.17. The first-order chi connectivity index (χ1) is 9.93. The van der Waals surface area contributed by atoms with Gasteiger partial charge in [0.25, 0.3) is 0 Å². The van der Waals surface area contributed by atoms with Gasteiger partial charge in [0.15, 0.2) is 0 Å². The Morgan fingerprint density at radius 2 is 1.90 bits per heavy atom. The van der Waals surface area contributed by atoms with E-state index in [2.05, 4.69) is 66.3 Å². The van der Waals surface area contributed by atoms with Crippen LogP contribution < -0.4 is 5.32 Å². The van der Waals surface area contributed by atoms with Crippen molar-refractivity contribution < 1.29 is 0 Å². The highest BCUT2D eigenvalue weighted by atomic mass is 79.9. The molecule has 0 radical (unpaired) electrons. The molecule has 0 spiro atoms. The SMILES string of the molecule is CC(C)(C)c1nc(-c2ccc(Br)cc2)sc1CNC1CC1. The summed E-state index contributed by atoms with van der Waals surface area (Å²) in [6, 6.07) is 9.16. The fourth-order valence-corrected chi connectivity index (χ4v) is 3.79. The summed E-state index contributed by atoms with van der Waals surface area (Å²) in [5, 5.41) is 4.75. The third-order valence-electron chi connectivity index (χ3n) is 3.63. The Morgan fingerprint density at radius 1 is 1.24 bits per heavy atom. The highest BCUT2D eigenvalue weighted by Crippen LogP contribution is 2.35. The summed E-state index contributed by atoms with van der Waals surface area (Å²) in [5.74, 6) is 0. The van der Waals surface area contributed by atoms with Crippen molar-refractivity contribution in [2.24, 2.45) is 0 Å². The zero-order valence-corrected chi connectivity index (χ0v) is 15.1. The quantitative estimate of drug-likeness (QED) is 0.813. The number of aromatic nitrogens is 1. The molecule has 1 aliphatic rings. The van der Waals surface area contributed by atoms with E-state index >= 15 is 0 Å². The standard InChI is InChI=1S/C17H21BrN2S/c1-17(2,3)15-14(10-19-13-8-9-13)21-16(20-15)11-4-6-12(18)7-5-11/h4-7,13,19H,8-10H2,1-3H3. The molecule has 2 nitrogen and oxygen atoms in total. The second-order valence-corrected chi connectivity index (χ2v) is 8.70. The molecule has 0 atom stereocenters. The zero-order chi connectivity index (χ0) is 15.0. The van der Waals surface area contributed by atoms with Crippen LogP contribution in [0, 0.1) is 0 Å². The smallest absolute Gasteiger partial charge is 0.123 e. The molecule has 1 aliphatic carbocycles. The molecule has 21 heavy (non-hydrogen) atoms. The Labute approximate surface area is 139 Å². The molecule has 3 rings (SSSR count). The second-order valence-electron chi connectivity index (χ2n) is 6.70. The number of rotatable bonds is 4. The molecule has 0 amide bonds. The zero-order valence-electron chi connectivity index (χ0n) is 12.7. The minimum atomic E-state index is 0.0880. The summed E-state index contributed by atoms with van der Waals surface area (Å²) < 4.78 is 1.11. The lowest BCUT2D eigenvalue weighted by molar-refractivity contribution is 0.559. The summed E-state index contributed by atoms with van der Waals surface area (Å²) in [6.45, 7) is 7.68. The number of nitrogens with one attached hydrogen (secondary N) is 1. The number of benzene rings is 1. The van der Waals surface area contributed by atoms with Crippen LogP contribution in [-0.4, -0.2) is 11.0 Å². The van der Waals surface area contributed by atoms with Gasteiger partial charge >= 0.3 is 0 Å². The van der Waals surface area contributed by atoms with Gasteiger partial charge in [-0.1, -0.05) is 48.8 Å². The number of nitrogens with zero attached hydrogens (tertiary/aromatic N) is 1. The van der Waals surface area contributed by atoms with E-state index in [0.29, 0.717) is 0 Å². The van der Waals surface area contributed by atoms with E-state index in [-0.39, 0.29) is 5.41 Å². The minimum absolute atomic E-state index is 0.0880. The van der Waals surface area contributed by atoms with E-state index in [0.717, 1.165) is 22.1 Å². The molecule has 0 aliphatic heterocycles. The van der Waals surface area contributed by atoms with Crippen LogP contribution in [-0.2, 0) is 12.0 Å². The monoisotopic (exact) mass is 364 g/mol. The largest absolute Gasteiger partial charge is 0.309 e. The molecule has 2 aromatic rings. The maximum atomic E-state index is 4.94. The maximum absolute atomic E-state index is 4.94. The van der Waals surface area contributed by atoms with Crippen LogP contribution in [0.1, 0.15) is 44.2 Å². The molecule has 1 saturated carbocycles. The third kappa shape index (κ3) is 3.74. The van der Waals surface area contributed by atoms with Crippen molar-refractivity contribution in [3.63, 3.8) is 0 Å². The molecule has 112 valence electrons. The van der Waals surface area contributed by atoms with E-state index < -0.39 is 0 Å². The molecule has 0 bridgehead atoms. The Kier molecular flexibility index (Phi) is 4.21. The van der Waals surface area contributed by atoms with Crippen molar-refractivity contribution in [1.82, 2.24) is 10.3 Å². The van der Waals surface area contributed by atoms with Gasteiger partial charge in [0.05, 0.1) is 5.69 Å². The highest BCUT2D eigenvalue weighted by molar-refractivity contribution is 9.10. The van der Waals surface area contributed by atoms with Crippen molar-refractivity contribution in [1.29, 1.82) is 0 Å². The summed E-state index contributed by atoms with van der Waals surface area (Å²) in [7, 11) is 0. The molecular formula is C17H21BrN2S. The normalized spacial score (nSPS) is 15.4. The number of hydrogen-bond donors (Lipinski definition) is 1. The van der Waals surface area contributed by atoms with E-state index in [4.69, 9.17) is 4.98 Å². The van der Waals surface area contributed by atoms with Crippen molar-refractivity contribution >= 4 is 27.3 Å². The van der Waals surface area contributed by atoms with Gasteiger partial charge in [-0.05, 0) is 25.0 Å². The first-order valence-corrected chi connectivity index (χ1v) is 9.04. The van der Waals surface area contributed by atoms with Gasteiger partial charge in [-0.15, -0.1) is 11.3 Å². The second kappa shape index (κ2) is 5.82. The third-order valence-corrected chi connectivity index (χ3v) is 5.26. The molecule has 1 N–H and O–H groups in total. The van der Waals surface area contributed by atoms with Crippen LogP contribution in [0.15, 0.2) is 28.7 Å². The van der Waals surface area contributed by atoms with Gasteiger partial charge < -0.3 is 5.32 Å². The summed E-state index contributed by atoms with van der Waals surface area (Å²) in [5.41, 5.74) is 2.52. The van der Waals surface area contributed by atoms with Gasteiger partial charge in [-0.3, -0.25) is 0 Å². The van der Waals surface area contributed by atoms with Gasteiger partial charge in [-0.25, -0.2) is 4.98 Å². The van der Waals surface area contributed by atoms with Crippen LogP contribution in [0.4, 0.5) is 0 Å². The molecule has 0 saturated heterocycles. The molecule has 1 fully saturated rings. The first-order valence-electron chi connectivity index (χ1n) is 7.43. The van der Waals surface area contributed by atoms with Gasteiger partial charge in [0.1, 0.15) is 5.01 Å². The van der Waals surface area contributed by atoms with Crippen LogP contribution in [0.5, 0.6) is 0 Å².